The lowest BCUT2D eigenvalue weighted by atomic mass is 10.1. The maximum Gasteiger partial charge on any atom is 0.252 e. The zero-order valence-electron chi connectivity index (χ0n) is 10.1. The van der Waals surface area contributed by atoms with Crippen LogP contribution in [0.2, 0.25) is 0 Å². The van der Waals surface area contributed by atoms with E-state index >= 15 is 0 Å². The van der Waals surface area contributed by atoms with Crippen LogP contribution in [-0.2, 0) is 13.0 Å². The molecule has 0 saturated heterocycles. The Bertz CT molecular complexity index is 674. The van der Waals surface area contributed by atoms with Crippen molar-refractivity contribution in [2.75, 3.05) is 7.11 Å². The van der Waals surface area contributed by atoms with Crippen LogP contribution in [0.4, 0.5) is 0 Å². The Morgan fingerprint density at radius 3 is 2.89 bits per heavy atom. The Hall–Kier alpha value is -2.07. The van der Waals surface area contributed by atoms with E-state index in [4.69, 9.17) is 10.5 Å². The van der Waals surface area contributed by atoms with Crippen LogP contribution in [0.3, 0.4) is 0 Å². The molecule has 0 bridgehead atoms. The summed E-state index contributed by atoms with van der Waals surface area (Å²) in [7, 11) is 1.64. The number of aromatic nitrogens is 1. The summed E-state index contributed by atoms with van der Waals surface area (Å²) in [6.07, 6.45) is 0.832. The SMILES string of the molecule is COc1ccc2c(c1)-c1[nH]c(=O)c(CN)cc1C2. The maximum absolute atomic E-state index is 11.8. The normalized spacial score (nSPS) is 12.1. The van der Waals surface area contributed by atoms with Crippen LogP contribution in [0.25, 0.3) is 11.3 Å². The van der Waals surface area contributed by atoms with E-state index in [9.17, 15) is 4.79 Å². The average molecular weight is 242 g/mol. The minimum absolute atomic E-state index is 0.105. The third-order valence-electron chi connectivity index (χ3n) is 3.39. The fourth-order valence-electron chi connectivity index (χ4n) is 2.43. The third kappa shape index (κ3) is 1.54. The van der Waals surface area contributed by atoms with Gasteiger partial charge < -0.3 is 15.5 Å². The minimum atomic E-state index is -0.105. The highest BCUT2D eigenvalue weighted by molar-refractivity contribution is 5.74. The van der Waals surface area contributed by atoms with Crippen molar-refractivity contribution in [1.82, 2.24) is 4.98 Å². The Morgan fingerprint density at radius 2 is 2.17 bits per heavy atom. The second-order valence-corrected chi connectivity index (χ2v) is 4.43. The molecule has 1 aromatic carbocycles. The number of pyridine rings is 1. The number of methoxy groups -OCH3 is 1. The van der Waals surface area contributed by atoms with E-state index in [1.54, 1.807) is 7.11 Å². The van der Waals surface area contributed by atoms with Crippen LogP contribution in [0, 0.1) is 0 Å². The van der Waals surface area contributed by atoms with Crippen molar-refractivity contribution in [1.29, 1.82) is 0 Å². The van der Waals surface area contributed by atoms with Gasteiger partial charge in [0.1, 0.15) is 5.75 Å². The first-order valence-corrected chi connectivity index (χ1v) is 5.85. The van der Waals surface area contributed by atoms with Crippen molar-refractivity contribution in [2.45, 2.75) is 13.0 Å². The van der Waals surface area contributed by atoms with Gasteiger partial charge in [-0.15, -0.1) is 0 Å². The number of ether oxygens (including phenoxy) is 1. The first-order valence-electron chi connectivity index (χ1n) is 5.85. The summed E-state index contributed by atoms with van der Waals surface area (Å²) < 4.78 is 5.22. The van der Waals surface area contributed by atoms with E-state index in [1.807, 2.05) is 24.3 Å². The third-order valence-corrected chi connectivity index (χ3v) is 3.39. The van der Waals surface area contributed by atoms with Gasteiger partial charge in [0.05, 0.1) is 12.8 Å². The molecule has 0 unspecified atom stereocenters. The number of benzene rings is 1. The molecule has 1 heterocycles. The number of hydrogen-bond acceptors (Lipinski definition) is 3. The molecule has 0 atom stereocenters. The Kier molecular flexibility index (Phi) is 2.45. The van der Waals surface area contributed by atoms with Crippen LogP contribution in [-0.4, -0.2) is 12.1 Å². The molecule has 0 aliphatic heterocycles. The lowest BCUT2D eigenvalue weighted by Gasteiger charge is -2.05. The van der Waals surface area contributed by atoms with Crippen LogP contribution in [0.5, 0.6) is 5.75 Å². The monoisotopic (exact) mass is 242 g/mol. The number of fused-ring (bicyclic) bond motifs is 3. The number of aromatic amines is 1. The van der Waals surface area contributed by atoms with E-state index in [0.29, 0.717) is 5.56 Å². The predicted octanol–water partition coefficient (Wildman–Crippen LogP) is 1.41. The van der Waals surface area contributed by atoms with Gasteiger partial charge in [0, 0.05) is 24.1 Å². The quantitative estimate of drug-likeness (QED) is 0.714. The van der Waals surface area contributed by atoms with Crippen LogP contribution in [0.1, 0.15) is 16.7 Å². The van der Waals surface area contributed by atoms with Gasteiger partial charge in [-0.1, -0.05) is 6.07 Å². The lowest BCUT2D eigenvalue weighted by molar-refractivity contribution is 0.415. The van der Waals surface area contributed by atoms with Gasteiger partial charge in [0.2, 0.25) is 0 Å². The van der Waals surface area contributed by atoms with Crippen LogP contribution in [0.15, 0.2) is 29.1 Å². The summed E-state index contributed by atoms with van der Waals surface area (Å²) in [6, 6.07) is 7.83. The molecule has 4 heteroatoms. The molecule has 1 aliphatic rings. The highest BCUT2D eigenvalue weighted by Gasteiger charge is 2.20. The lowest BCUT2D eigenvalue weighted by Crippen LogP contribution is -2.16. The van der Waals surface area contributed by atoms with Crippen molar-refractivity contribution in [3.63, 3.8) is 0 Å². The topological polar surface area (TPSA) is 68.1 Å². The van der Waals surface area contributed by atoms with E-state index in [-0.39, 0.29) is 12.1 Å². The van der Waals surface area contributed by atoms with Crippen molar-refractivity contribution in [2.24, 2.45) is 5.73 Å². The summed E-state index contributed by atoms with van der Waals surface area (Å²) >= 11 is 0. The smallest absolute Gasteiger partial charge is 0.252 e. The van der Waals surface area contributed by atoms with Gasteiger partial charge in [-0.25, -0.2) is 0 Å². The first kappa shape index (κ1) is 11.0. The Balaban J connectivity index is 2.21. The van der Waals surface area contributed by atoms with Crippen molar-refractivity contribution in [3.05, 3.63) is 51.3 Å². The van der Waals surface area contributed by atoms with Gasteiger partial charge >= 0.3 is 0 Å². The summed E-state index contributed by atoms with van der Waals surface area (Å²) in [4.78, 5) is 14.7. The molecule has 2 aromatic rings. The standard InChI is InChI=1S/C14H14N2O2/c1-18-11-3-2-8-4-9-5-10(7-15)14(17)16-13(9)12(8)6-11/h2-3,5-6H,4,7,15H2,1H3,(H,16,17). The number of rotatable bonds is 2. The predicted molar refractivity (Wildman–Crippen MR) is 69.7 cm³/mol. The molecule has 18 heavy (non-hydrogen) atoms. The molecule has 0 radical (unpaired) electrons. The summed E-state index contributed by atoms with van der Waals surface area (Å²) in [6.45, 7) is 0.266. The molecule has 3 rings (SSSR count). The van der Waals surface area contributed by atoms with Crippen molar-refractivity contribution >= 4 is 0 Å². The molecule has 0 fully saturated rings. The molecule has 92 valence electrons. The van der Waals surface area contributed by atoms with Crippen molar-refractivity contribution in [3.8, 4) is 17.0 Å². The molecule has 0 spiro atoms. The van der Waals surface area contributed by atoms with E-state index < -0.39 is 0 Å². The Labute approximate surface area is 104 Å². The number of nitrogens with one attached hydrogen (secondary N) is 1. The molecule has 4 nitrogen and oxygen atoms in total. The zero-order valence-corrected chi connectivity index (χ0v) is 10.1. The number of nitrogens with two attached hydrogens (primary N) is 1. The van der Waals surface area contributed by atoms with Gasteiger partial charge in [-0.2, -0.15) is 0 Å². The molecular weight excluding hydrogens is 228 g/mol. The second-order valence-electron chi connectivity index (χ2n) is 4.43. The van der Waals surface area contributed by atoms with E-state index in [2.05, 4.69) is 4.98 Å². The molecular formula is C14H14N2O2. The fourth-order valence-corrected chi connectivity index (χ4v) is 2.43. The molecule has 3 N–H and O–H groups in total. The molecule has 1 aromatic heterocycles. The maximum atomic E-state index is 11.8. The van der Waals surface area contributed by atoms with Crippen LogP contribution >= 0.6 is 0 Å². The Morgan fingerprint density at radius 1 is 1.33 bits per heavy atom. The molecule has 0 amide bonds. The van der Waals surface area contributed by atoms with E-state index in [1.165, 1.54) is 5.56 Å². The van der Waals surface area contributed by atoms with Gasteiger partial charge in [-0.05, 0) is 29.3 Å². The molecule has 0 saturated carbocycles. The fraction of sp³-hybridized carbons (Fsp3) is 0.214. The second kappa shape index (κ2) is 3.99. The first-order chi connectivity index (χ1) is 8.72. The largest absolute Gasteiger partial charge is 0.497 e. The summed E-state index contributed by atoms with van der Waals surface area (Å²) in [5, 5.41) is 0. The number of hydrogen-bond donors (Lipinski definition) is 2. The zero-order chi connectivity index (χ0) is 12.7. The van der Waals surface area contributed by atoms with Gasteiger partial charge in [0.15, 0.2) is 0 Å². The van der Waals surface area contributed by atoms with E-state index in [0.717, 1.165) is 29.0 Å². The summed E-state index contributed by atoms with van der Waals surface area (Å²) in [5.74, 6) is 0.797. The number of H-pyrrole nitrogens is 1. The van der Waals surface area contributed by atoms with Gasteiger partial charge in [-0.3, -0.25) is 4.79 Å². The average Bonchev–Trinajstić information content (AvgIpc) is 2.74. The molecule has 1 aliphatic carbocycles. The highest BCUT2D eigenvalue weighted by Crippen LogP contribution is 2.36. The van der Waals surface area contributed by atoms with Gasteiger partial charge in [0.25, 0.3) is 5.56 Å². The highest BCUT2D eigenvalue weighted by atomic mass is 16.5. The van der Waals surface area contributed by atoms with Crippen LogP contribution < -0.4 is 16.0 Å². The minimum Gasteiger partial charge on any atom is -0.497 e. The van der Waals surface area contributed by atoms with Crippen molar-refractivity contribution < 1.29 is 4.74 Å². The summed E-state index contributed by atoms with van der Waals surface area (Å²) in [5.41, 5.74) is 10.4.